The number of carbonyl (C=O) groups is 1. The summed E-state index contributed by atoms with van der Waals surface area (Å²) in [6.07, 6.45) is 2.03. The highest BCUT2D eigenvalue weighted by molar-refractivity contribution is 6.06. The summed E-state index contributed by atoms with van der Waals surface area (Å²) in [6, 6.07) is 10.6. The molecule has 0 radical (unpaired) electrons. The summed E-state index contributed by atoms with van der Waals surface area (Å²) in [5, 5.41) is 17.1. The number of benzene rings is 2. The molecule has 2 aromatic carbocycles. The number of ether oxygens (including phenoxy) is 1. The molecule has 164 valence electrons. The molecule has 3 aromatic rings. The molecule has 1 atom stereocenters. The fourth-order valence-electron chi connectivity index (χ4n) is 3.33. The van der Waals surface area contributed by atoms with Crippen LogP contribution in [0.15, 0.2) is 42.6 Å². The standard InChI is InChI=1S/C23H29N5O3/c1-23(2,13-29)12-18(24)21(30)27-20-10-15(19-7-8-26-22(25-3)28-19)9-14-5-6-16(31-4)11-17(14)20/h5-11,18,29H,12-13,24H2,1-4H3,(H,27,30)(H,25,26,28). The van der Waals surface area contributed by atoms with E-state index in [0.717, 1.165) is 22.0 Å². The molecule has 1 amide bonds. The lowest BCUT2D eigenvalue weighted by Crippen LogP contribution is -2.40. The normalized spacial score (nSPS) is 12.5. The van der Waals surface area contributed by atoms with Crippen molar-refractivity contribution in [2.75, 3.05) is 31.4 Å². The molecule has 5 N–H and O–H groups in total. The Bertz CT molecular complexity index is 1080. The fourth-order valence-corrected chi connectivity index (χ4v) is 3.33. The molecule has 8 heteroatoms. The van der Waals surface area contributed by atoms with E-state index in [0.29, 0.717) is 23.8 Å². The van der Waals surface area contributed by atoms with Gasteiger partial charge in [0.15, 0.2) is 0 Å². The molecular weight excluding hydrogens is 394 g/mol. The average Bonchev–Trinajstić information content (AvgIpc) is 2.78. The number of fused-ring (bicyclic) bond motifs is 1. The van der Waals surface area contributed by atoms with E-state index < -0.39 is 11.5 Å². The van der Waals surface area contributed by atoms with Gasteiger partial charge in [-0.05, 0) is 47.6 Å². The third-order valence-corrected chi connectivity index (χ3v) is 5.13. The zero-order chi connectivity index (χ0) is 22.6. The Morgan fingerprint density at radius 2 is 2.03 bits per heavy atom. The third-order valence-electron chi connectivity index (χ3n) is 5.13. The largest absolute Gasteiger partial charge is 0.497 e. The predicted octanol–water partition coefficient (Wildman–Crippen LogP) is 3.02. The lowest BCUT2D eigenvalue weighted by molar-refractivity contribution is -0.118. The van der Waals surface area contributed by atoms with Gasteiger partial charge in [0.25, 0.3) is 0 Å². The number of nitrogens with zero attached hydrogens (tertiary/aromatic N) is 2. The number of aliphatic hydroxyl groups is 1. The van der Waals surface area contributed by atoms with E-state index in [2.05, 4.69) is 20.6 Å². The number of aromatic nitrogens is 2. The summed E-state index contributed by atoms with van der Waals surface area (Å²) < 4.78 is 5.36. The molecule has 0 saturated carbocycles. The summed E-state index contributed by atoms with van der Waals surface area (Å²) in [6.45, 7) is 3.69. The maximum absolute atomic E-state index is 12.9. The lowest BCUT2D eigenvalue weighted by atomic mass is 9.86. The van der Waals surface area contributed by atoms with Crippen molar-refractivity contribution in [2.24, 2.45) is 11.1 Å². The van der Waals surface area contributed by atoms with Gasteiger partial charge in [0, 0.05) is 36.5 Å². The number of anilines is 2. The molecule has 8 nitrogen and oxygen atoms in total. The molecule has 0 saturated heterocycles. The van der Waals surface area contributed by atoms with Crippen LogP contribution >= 0.6 is 0 Å². The van der Waals surface area contributed by atoms with E-state index in [1.807, 2.05) is 50.2 Å². The quantitative estimate of drug-likeness (QED) is 0.439. The second kappa shape index (κ2) is 9.28. The van der Waals surface area contributed by atoms with Crippen molar-refractivity contribution in [2.45, 2.75) is 26.3 Å². The first-order chi connectivity index (χ1) is 14.8. The number of carbonyl (C=O) groups excluding carboxylic acids is 1. The second-order valence-corrected chi connectivity index (χ2v) is 8.25. The average molecular weight is 424 g/mol. The van der Waals surface area contributed by atoms with E-state index in [1.54, 1.807) is 20.4 Å². The van der Waals surface area contributed by atoms with Crippen molar-refractivity contribution in [3.05, 3.63) is 42.6 Å². The first-order valence-electron chi connectivity index (χ1n) is 10.1. The summed E-state index contributed by atoms with van der Waals surface area (Å²) >= 11 is 0. The lowest BCUT2D eigenvalue weighted by Gasteiger charge is -2.25. The van der Waals surface area contributed by atoms with Gasteiger partial charge in [0.1, 0.15) is 5.75 Å². The highest BCUT2D eigenvalue weighted by Gasteiger charge is 2.25. The van der Waals surface area contributed by atoms with Crippen LogP contribution in [-0.2, 0) is 4.79 Å². The van der Waals surface area contributed by atoms with E-state index in [-0.39, 0.29) is 12.5 Å². The van der Waals surface area contributed by atoms with Crippen LogP contribution in [0.1, 0.15) is 20.3 Å². The SMILES string of the molecule is CNc1nccc(-c2cc(NC(=O)C(N)CC(C)(C)CO)c3cc(OC)ccc3c2)n1. The van der Waals surface area contributed by atoms with Crippen molar-refractivity contribution < 1.29 is 14.6 Å². The van der Waals surface area contributed by atoms with Gasteiger partial charge in [0.05, 0.1) is 18.8 Å². The Morgan fingerprint density at radius 3 is 2.71 bits per heavy atom. The van der Waals surface area contributed by atoms with E-state index >= 15 is 0 Å². The minimum atomic E-state index is -0.763. The van der Waals surface area contributed by atoms with Crippen LogP contribution in [0, 0.1) is 5.41 Å². The van der Waals surface area contributed by atoms with Gasteiger partial charge < -0.3 is 26.2 Å². The summed E-state index contributed by atoms with van der Waals surface area (Å²) in [7, 11) is 3.35. The monoisotopic (exact) mass is 423 g/mol. The molecule has 0 fully saturated rings. The number of amides is 1. The highest BCUT2D eigenvalue weighted by atomic mass is 16.5. The van der Waals surface area contributed by atoms with E-state index in [1.165, 1.54) is 0 Å². The maximum Gasteiger partial charge on any atom is 0.241 e. The van der Waals surface area contributed by atoms with Gasteiger partial charge >= 0.3 is 0 Å². The molecular formula is C23H29N5O3. The first kappa shape index (κ1) is 22.5. The van der Waals surface area contributed by atoms with Gasteiger partial charge in [-0.3, -0.25) is 4.79 Å². The van der Waals surface area contributed by atoms with Gasteiger partial charge in [-0.1, -0.05) is 19.9 Å². The molecule has 0 bridgehead atoms. The van der Waals surface area contributed by atoms with Gasteiger partial charge in [-0.15, -0.1) is 0 Å². The molecule has 0 aliphatic rings. The molecule has 31 heavy (non-hydrogen) atoms. The topological polar surface area (TPSA) is 122 Å². The minimum Gasteiger partial charge on any atom is -0.497 e. The number of rotatable bonds is 8. The maximum atomic E-state index is 12.9. The van der Waals surface area contributed by atoms with Gasteiger partial charge in [-0.2, -0.15) is 0 Å². The molecule has 1 aromatic heterocycles. The zero-order valence-corrected chi connectivity index (χ0v) is 18.3. The molecule has 1 heterocycles. The predicted molar refractivity (Wildman–Crippen MR) is 123 cm³/mol. The Labute approximate surface area is 181 Å². The Hall–Kier alpha value is -3.23. The molecule has 1 unspecified atom stereocenters. The van der Waals surface area contributed by atoms with Crippen LogP contribution in [0.2, 0.25) is 0 Å². The fraction of sp³-hybridized carbons (Fsp3) is 0.348. The van der Waals surface area contributed by atoms with Crippen LogP contribution in [0.3, 0.4) is 0 Å². The number of hydrogen-bond donors (Lipinski definition) is 4. The van der Waals surface area contributed by atoms with Crippen LogP contribution in [0.25, 0.3) is 22.0 Å². The molecule has 0 aliphatic carbocycles. The van der Waals surface area contributed by atoms with E-state index in [9.17, 15) is 9.90 Å². The van der Waals surface area contributed by atoms with Gasteiger partial charge in [0.2, 0.25) is 11.9 Å². The summed E-state index contributed by atoms with van der Waals surface area (Å²) in [4.78, 5) is 21.5. The Kier molecular flexibility index (Phi) is 6.72. The third kappa shape index (κ3) is 5.28. The number of nitrogens with one attached hydrogen (secondary N) is 2. The van der Waals surface area contributed by atoms with Crippen molar-refractivity contribution in [3.63, 3.8) is 0 Å². The number of hydrogen-bond acceptors (Lipinski definition) is 7. The summed E-state index contributed by atoms with van der Waals surface area (Å²) in [5.41, 5.74) is 7.85. The number of aliphatic hydroxyl groups excluding tert-OH is 1. The number of nitrogens with two attached hydrogens (primary N) is 1. The van der Waals surface area contributed by atoms with Gasteiger partial charge in [-0.25, -0.2) is 9.97 Å². The first-order valence-corrected chi connectivity index (χ1v) is 10.1. The number of methoxy groups -OCH3 is 1. The van der Waals surface area contributed by atoms with Crippen molar-refractivity contribution in [1.82, 2.24) is 9.97 Å². The van der Waals surface area contributed by atoms with Crippen molar-refractivity contribution in [3.8, 4) is 17.0 Å². The summed E-state index contributed by atoms with van der Waals surface area (Å²) in [5.74, 6) is 0.869. The van der Waals surface area contributed by atoms with Crippen LogP contribution in [0.5, 0.6) is 5.75 Å². The zero-order valence-electron chi connectivity index (χ0n) is 18.3. The second-order valence-electron chi connectivity index (χ2n) is 8.25. The molecule has 3 rings (SSSR count). The Morgan fingerprint density at radius 1 is 1.26 bits per heavy atom. The minimum absolute atomic E-state index is 0.0505. The van der Waals surface area contributed by atoms with Crippen molar-refractivity contribution >= 4 is 28.3 Å². The van der Waals surface area contributed by atoms with Crippen LogP contribution in [0.4, 0.5) is 11.6 Å². The highest BCUT2D eigenvalue weighted by Crippen LogP contribution is 2.33. The Balaban J connectivity index is 2.03. The van der Waals surface area contributed by atoms with Crippen molar-refractivity contribution in [1.29, 1.82) is 0 Å². The molecule has 0 spiro atoms. The molecule has 0 aliphatic heterocycles. The van der Waals surface area contributed by atoms with Crippen LogP contribution in [-0.4, -0.2) is 47.8 Å². The van der Waals surface area contributed by atoms with E-state index in [4.69, 9.17) is 10.5 Å². The smallest absolute Gasteiger partial charge is 0.241 e. The van der Waals surface area contributed by atoms with Crippen LogP contribution < -0.4 is 21.1 Å².